The Bertz CT molecular complexity index is 543. The van der Waals surface area contributed by atoms with Crippen molar-refractivity contribution < 1.29 is 9.47 Å². The third kappa shape index (κ3) is 4.18. The van der Waals surface area contributed by atoms with Crippen LogP contribution in [0.2, 0.25) is 0 Å². The summed E-state index contributed by atoms with van der Waals surface area (Å²) in [6.07, 6.45) is 0. The highest BCUT2D eigenvalue weighted by molar-refractivity contribution is 7.13. The highest BCUT2D eigenvalue weighted by atomic mass is 32.1. The summed E-state index contributed by atoms with van der Waals surface area (Å²) in [6.45, 7) is 6.01. The molecule has 0 aliphatic heterocycles. The normalized spacial score (nSPS) is 10.8. The first-order valence-corrected chi connectivity index (χ1v) is 7.34. The lowest BCUT2D eigenvalue weighted by Gasteiger charge is -2.06. The van der Waals surface area contributed by atoms with E-state index in [-0.39, 0.29) is 0 Å². The van der Waals surface area contributed by atoms with Gasteiger partial charge >= 0.3 is 0 Å². The second kappa shape index (κ2) is 7.21. The summed E-state index contributed by atoms with van der Waals surface area (Å²) in [4.78, 5) is 0. The van der Waals surface area contributed by atoms with Crippen molar-refractivity contribution >= 4 is 11.3 Å². The maximum atomic E-state index is 5.70. The average Bonchev–Trinajstić information content (AvgIpc) is 2.86. The number of benzene rings is 1. The zero-order chi connectivity index (χ0) is 14.4. The fraction of sp³-hybridized carbons (Fsp3) is 0.429. The van der Waals surface area contributed by atoms with Crippen LogP contribution in [0.25, 0.3) is 0 Å². The van der Waals surface area contributed by atoms with Crippen LogP contribution >= 0.6 is 11.3 Å². The molecular formula is C14H19N3O2S. The van der Waals surface area contributed by atoms with Crippen LogP contribution in [0, 0.1) is 5.92 Å². The van der Waals surface area contributed by atoms with Gasteiger partial charge in [-0.25, -0.2) is 0 Å². The number of nitrogens with one attached hydrogen (secondary N) is 1. The molecule has 0 bridgehead atoms. The molecule has 6 heteroatoms. The van der Waals surface area contributed by atoms with E-state index in [0.29, 0.717) is 29.2 Å². The Morgan fingerprint density at radius 1 is 1.20 bits per heavy atom. The highest BCUT2D eigenvalue weighted by Crippen LogP contribution is 2.32. The molecule has 1 aromatic carbocycles. The molecular weight excluding hydrogens is 274 g/mol. The molecule has 0 aliphatic rings. The van der Waals surface area contributed by atoms with Gasteiger partial charge in [-0.15, -0.1) is 5.10 Å². The fourth-order valence-corrected chi connectivity index (χ4v) is 2.29. The molecule has 0 amide bonds. The minimum atomic E-state index is 0.524. The molecule has 0 aliphatic carbocycles. The fourth-order valence-electron chi connectivity index (χ4n) is 1.62. The molecule has 1 aromatic heterocycles. The van der Waals surface area contributed by atoms with Crippen molar-refractivity contribution in [3.8, 4) is 16.7 Å². The largest absolute Gasteiger partial charge is 0.493 e. The zero-order valence-electron chi connectivity index (χ0n) is 11.9. The van der Waals surface area contributed by atoms with Crippen molar-refractivity contribution in [3.05, 3.63) is 29.3 Å². The molecule has 2 aromatic rings. The third-order valence-electron chi connectivity index (χ3n) is 2.54. The van der Waals surface area contributed by atoms with E-state index in [4.69, 9.17) is 9.47 Å². The van der Waals surface area contributed by atoms with Crippen molar-refractivity contribution in [2.24, 2.45) is 5.92 Å². The lowest BCUT2D eigenvalue weighted by Crippen LogP contribution is -2.18. The van der Waals surface area contributed by atoms with Crippen LogP contribution in [0.4, 0.5) is 0 Å². The Balaban J connectivity index is 1.95. The molecule has 0 saturated carbocycles. The minimum Gasteiger partial charge on any atom is -0.493 e. The van der Waals surface area contributed by atoms with Gasteiger partial charge in [-0.3, -0.25) is 0 Å². The van der Waals surface area contributed by atoms with Gasteiger partial charge in [0, 0.05) is 6.54 Å². The van der Waals surface area contributed by atoms with Crippen LogP contribution in [0.1, 0.15) is 18.9 Å². The van der Waals surface area contributed by atoms with Gasteiger partial charge in [0.25, 0.3) is 5.19 Å². The van der Waals surface area contributed by atoms with Crippen LogP contribution in [-0.4, -0.2) is 23.9 Å². The quantitative estimate of drug-likeness (QED) is 0.850. The zero-order valence-corrected chi connectivity index (χ0v) is 12.7. The van der Waals surface area contributed by atoms with Crippen LogP contribution in [-0.2, 0) is 6.54 Å². The summed E-state index contributed by atoms with van der Waals surface area (Å²) in [5, 5.41) is 12.9. The monoisotopic (exact) mass is 293 g/mol. The van der Waals surface area contributed by atoms with Gasteiger partial charge in [-0.2, -0.15) is 0 Å². The second-order valence-electron chi connectivity index (χ2n) is 4.74. The van der Waals surface area contributed by atoms with Gasteiger partial charge in [0.15, 0.2) is 11.5 Å². The number of methoxy groups -OCH3 is 1. The Morgan fingerprint density at radius 3 is 2.65 bits per heavy atom. The number of nitrogens with zero attached hydrogens (tertiary/aromatic N) is 2. The van der Waals surface area contributed by atoms with Crippen LogP contribution in [0.3, 0.4) is 0 Å². The Morgan fingerprint density at radius 2 is 1.95 bits per heavy atom. The SMILES string of the molecule is COc1ccccc1Oc1nnc(CNCC(C)C)s1. The molecule has 1 heterocycles. The number of aromatic nitrogens is 2. The first-order chi connectivity index (χ1) is 9.69. The molecule has 0 spiro atoms. The molecule has 0 atom stereocenters. The minimum absolute atomic E-state index is 0.524. The van der Waals surface area contributed by atoms with Gasteiger partial charge in [-0.05, 0) is 24.6 Å². The van der Waals surface area contributed by atoms with E-state index in [1.807, 2.05) is 24.3 Å². The Hall–Kier alpha value is -1.66. The number of hydrogen-bond donors (Lipinski definition) is 1. The summed E-state index contributed by atoms with van der Waals surface area (Å²) in [5.41, 5.74) is 0. The molecule has 5 nitrogen and oxygen atoms in total. The van der Waals surface area contributed by atoms with Crippen molar-refractivity contribution in [2.75, 3.05) is 13.7 Å². The molecule has 20 heavy (non-hydrogen) atoms. The standard InChI is InChI=1S/C14H19N3O2S/c1-10(2)8-15-9-13-16-17-14(20-13)19-12-7-5-4-6-11(12)18-3/h4-7,10,15H,8-9H2,1-3H3. The molecule has 108 valence electrons. The maximum Gasteiger partial charge on any atom is 0.299 e. The molecule has 0 radical (unpaired) electrons. The van der Waals surface area contributed by atoms with Crippen molar-refractivity contribution in [2.45, 2.75) is 20.4 Å². The summed E-state index contributed by atoms with van der Waals surface area (Å²) in [6, 6.07) is 7.48. The van der Waals surface area contributed by atoms with E-state index in [1.54, 1.807) is 7.11 Å². The summed E-state index contributed by atoms with van der Waals surface area (Å²) < 4.78 is 10.9. The Kier molecular flexibility index (Phi) is 5.31. The van der Waals surface area contributed by atoms with E-state index in [2.05, 4.69) is 29.4 Å². The van der Waals surface area contributed by atoms with Crippen LogP contribution < -0.4 is 14.8 Å². The van der Waals surface area contributed by atoms with Crippen molar-refractivity contribution in [3.63, 3.8) is 0 Å². The highest BCUT2D eigenvalue weighted by Gasteiger charge is 2.09. The number of ether oxygens (including phenoxy) is 2. The molecule has 0 saturated heterocycles. The summed E-state index contributed by atoms with van der Waals surface area (Å²) in [7, 11) is 1.61. The summed E-state index contributed by atoms with van der Waals surface area (Å²) >= 11 is 1.44. The van der Waals surface area contributed by atoms with Crippen LogP contribution in [0.5, 0.6) is 16.7 Å². The average molecular weight is 293 g/mol. The van der Waals surface area contributed by atoms with Crippen molar-refractivity contribution in [1.82, 2.24) is 15.5 Å². The predicted molar refractivity (Wildman–Crippen MR) is 79.5 cm³/mol. The van der Waals surface area contributed by atoms with E-state index >= 15 is 0 Å². The molecule has 0 unspecified atom stereocenters. The number of hydrogen-bond acceptors (Lipinski definition) is 6. The van der Waals surface area contributed by atoms with Gasteiger partial charge < -0.3 is 14.8 Å². The van der Waals surface area contributed by atoms with Gasteiger partial charge in [0.2, 0.25) is 0 Å². The lowest BCUT2D eigenvalue weighted by molar-refractivity contribution is 0.377. The van der Waals surface area contributed by atoms with Gasteiger partial charge in [-0.1, -0.05) is 42.4 Å². The number of para-hydroxylation sites is 2. The molecule has 0 fully saturated rings. The van der Waals surface area contributed by atoms with E-state index in [9.17, 15) is 0 Å². The molecule has 2 rings (SSSR count). The van der Waals surface area contributed by atoms with E-state index < -0.39 is 0 Å². The smallest absolute Gasteiger partial charge is 0.299 e. The molecule has 1 N–H and O–H groups in total. The van der Waals surface area contributed by atoms with Gasteiger partial charge in [0.05, 0.1) is 7.11 Å². The third-order valence-corrected chi connectivity index (χ3v) is 3.34. The first-order valence-electron chi connectivity index (χ1n) is 6.53. The lowest BCUT2D eigenvalue weighted by atomic mass is 10.2. The Labute approximate surface area is 123 Å². The first kappa shape index (κ1) is 14.7. The number of rotatable bonds is 7. The van der Waals surface area contributed by atoms with E-state index in [0.717, 1.165) is 11.6 Å². The van der Waals surface area contributed by atoms with Gasteiger partial charge in [0.1, 0.15) is 5.01 Å². The van der Waals surface area contributed by atoms with E-state index in [1.165, 1.54) is 11.3 Å². The topological polar surface area (TPSA) is 56.3 Å². The second-order valence-corrected chi connectivity index (χ2v) is 5.76. The van der Waals surface area contributed by atoms with Crippen molar-refractivity contribution in [1.29, 1.82) is 0 Å². The summed E-state index contributed by atoms with van der Waals surface area (Å²) in [5.74, 6) is 1.95. The van der Waals surface area contributed by atoms with Crippen LogP contribution in [0.15, 0.2) is 24.3 Å². The maximum absolute atomic E-state index is 5.70. The predicted octanol–water partition coefficient (Wildman–Crippen LogP) is 3.08.